The Morgan fingerprint density at radius 1 is 1.58 bits per heavy atom. The van der Waals surface area contributed by atoms with Crippen LogP contribution in [0.2, 0.25) is 0 Å². The number of carboxylic acids is 1. The van der Waals surface area contributed by atoms with E-state index in [2.05, 4.69) is 28.7 Å². The van der Waals surface area contributed by atoms with Crippen LogP contribution in [0.1, 0.15) is 41.8 Å². The molecule has 1 atom stereocenters. The Balaban J connectivity index is 2.18. The van der Waals surface area contributed by atoms with Crippen molar-refractivity contribution in [1.29, 1.82) is 0 Å². The van der Waals surface area contributed by atoms with Crippen LogP contribution in [-0.2, 0) is 4.74 Å². The molecular weight excluding hydrogens is 246 g/mol. The number of aromatic carboxylic acids is 1. The van der Waals surface area contributed by atoms with Crippen LogP contribution in [0.3, 0.4) is 0 Å². The molecule has 6 heteroatoms. The van der Waals surface area contributed by atoms with Crippen molar-refractivity contribution in [2.45, 2.75) is 32.9 Å². The van der Waals surface area contributed by atoms with Crippen molar-refractivity contribution in [3.8, 4) is 0 Å². The van der Waals surface area contributed by atoms with Gasteiger partial charge in [0.2, 0.25) is 0 Å². The summed E-state index contributed by atoms with van der Waals surface area (Å²) in [6.07, 6.45) is 1.18. The fraction of sp³-hybridized carbons (Fsp3) is 0.615. The molecule has 1 aromatic rings. The van der Waals surface area contributed by atoms with E-state index in [4.69, 9.17) is 9.84 Å². The monoisotopic (exact) mass is 265 g/mol. The first kappa shape index (κ1) is 13.9. The van der Waals surface area contributed by atoms with Crippen molar-refractivity contribution < 1.29 is 14.6 Å². The van der Waals surface area contributed by atoms with Crippen LogP contribution in [0.25, 0.3) is 0 Å². The number of morpholine rings is 1. The van der Waals surface area contributed by atoms with Gasteiger partial charge in [0.15, 0.2) is 5.82 Å². The molecule has 6 nitrogen and oxygen atoms in total. The van der Waals surface area contributed by atoms with Crippen molar-refractivity contribution in [2.75, 3.05) is 19.7 Å². The van der Waals surface area contributed by atoms with Gasteiger partial charge in [-0.3, -0.25) is 4.90 Å². The van der Waals surface area contributed by atoms with Crippen LogP contribution in [-0.4, -0.2) is 51.7 Å². The number of hydrogen-bond acceptors (Lipinski definition) is 5. The summed E-state index contributed by atoms with van der Waals surface area (Å²) in [6, 6.07) is 0.450. The first-order valence-electron chi connectivity index (χ1n) is 6.41. The van der Waals surface area contributed by atoms with Crippen molar-refractivity contribution in [3.05, 3.63) is 23.3 Å². The van der Waals surface area contributed by atoms with Gasteiger partial charge in [0.05, 0.1) is 17.9 Å². The predicted molar refractivity (Wildman–Crippen MR) is 69.1 cm³/mol. The highest BCUT2D eigenvalue weighted by Gasteiger charge is 2.26. The molecule has 0 aromatic carbocycles. The van der Waals surface area contributed by atoms with Gasteiger partial charge in [0.1, 0.15) is 6.10 Å². The number of aromatic nitrogens is 2. The molecule has 104 valence electrons. The molecule has 0 spiro atoms. The number of carbonyl (C=O) groups is 1. The predicted octanol–water partition coefficient (Wildman–Crippen LogP) is 1.26. The van der Waals surface area contributed by atoms with E-state index >= 15 is 0 Å². The number of carboxylic acid groups (broad SMARTS) is 1. The normalized spacial score (nSPS) is 20.7. The van der Waals surface area contributed by atoms with Crippen molar-refractivity contribution in [3.63, 3.8) is 0 Å². The summed E-state index contributed by atoms with van der Waals surface area (Å²) >= 11 is 0. The third-order valence-corrected chi connectivity index (χ3v) is 3.34. The molecule has 2 rings (SSSR count). The minimum Gasteiger partial charge on any atom is -0.478 e. The molecule has 19 heavy (non-hydrogen) atoms. The molecule has 0 radical (unpaired) electrons. The summed E-state index contributed by atoms with van der Waals surface area (Å²) in [5.41, 5.74) is 0.614. The third kappa shape index (κ3) is 3.08. The third-order valence-electron chi connectivity index (χ3n) is 3.34. The Kier molecular flexibility index (Phi) is 4.11. The Bertz CT molecular complexity index is 476. The zero-order valence-corrected chi connectivity index (χ0v) is 11.5. The maximum atomic E-state index is 10.9. The van der Waals surface area contributed by atoms with E-state index < -0.39 is 5.97 Å². The van der Waals surface area contributed by atoms with Gasteiger partial charge in [-0.25, -0.2) is 14.8 Å². The quantitative estimate of drug-likeness (QED) is 0.887. The lowest BCUT2D eigenvalue weighted by atomic mass is 10.2. The van der Waals surface area contributed by atoms with E-state index in [1.807, 2.05) is 0 Å². The molecule has 1 aliphatic rings. The lowest BCUT2D eigenvalue weighted by Gasteiger charge is -2.34. The fourth-order valence-corrected chi connectivity index (χ4v) is 2.14. The molecule has 1 N–H and O–H groups in total. The van der Waals surface area contributed by atoms with Crippen LogP contribution in [0.15, 0.2) is 6.20 Å². The van der Waals surface area contributed by atoms with Gasteiger partial charge in [-0.2, -0.15) is 0 Å². The van der Waals surface area contributed by atoms with Gasteiger partial charge in [0, 0.05) is 25.3 Å². The Labute approximate surface area is 112 Å². The van der Waals surface area contributed by atoms with Crippen LogP contribution in [0.5, 0.6) is 0 Å². The molecule has 1 saturated heterocycles. The molecular formula is C13H19N3O3. The SMILES string of the molecule is Cc1nc(C2CN(C(C)C)CCO2)ncc1C(=O)O. The summed E-state index contributed by atoms with van der Waals surface area (Å²) in [5.74, 6) is -0.440. The Hall–Kier alpha value is -1.53. The Morgan fingerprint density at radius 2 is 2.32 bits per heavy atom. The molecule has 0 amide bonds. The second-order valence-corrected chi connectivity index (χ2v) is 4.98. The van der Waals surface area contributed by atoms with Gasteiger partial charge in [-0.15, -0.1) is 0 Å². The topological polar surface area (TPSA) is 75.5 Å². The first-order valence-corrected chi connectivity index (χ1v) is 6.41. The zero-order valence-electron chi connectivity index (χ0n) is 11.5. The number of nitrogens with zero attached hydrogens (tertiary/aromatic N) is 3. The summed E-state index contributed by atoms with van der Waals surface area (Å²) < 4.78 is 5.69. The van der Waals surface area contributed by atoms with Gasteiger partial charge in [-0.1, -0.05) is 0 Å². The van der Waals surface area contributed by atoms with Crippen LogP contribution < -0.4 is 0 Å². The molecule has 0 bridgehead atoms. The van der Waals surface area contributed by atoms with Crippen LogP contribution in [0, 0.1) is 6.92 Å². The van der Waals surface area contributed by atoms with E-state index in [1.54, 1.807) is 6.92 Å². The fourth-order valence-electron chi connectivity index (χ4n) is 2.14. The van der Waals surface area contributed by atoms with E-state index in [9.17, 15) is 4.79 Å². The number of rotatable bonds is 3. The van der Waals surface area contributed by atoms with Crippen molar-refractivity contribution in [1.82, 2.24) is 14.9 Å². The van der Waals surface area contributed by atoms with E-state index in [1.165, 1.54) is 6.20 Å². The van der Waals surface area contributed by atoms with Crippen LogP contribution >= 0.6 is 0 Å². The Morgan fingerprint density at radius 3 is 2.89 bits per heavy atom. The second kappa shape index (κ2) is 5.63. The first-order chi connectivity index (χ1) is 8.99. The second-order valence-electron chi connectivity index (χ2n) is 4.98. The number of hydrogen-bond donors (Lipinski definition) is 1. The highest BCUT2D eigenvalue weighted by Crippen LogP contribution is 2.21. The lowest BCUT2D eigenvalue weighted by molar-refractivity contribution is -0.0443. The van der Waals surface area contributed by atoms with Gasteiger partial charge < -0.3 is 9.84 Å². The maximum absolute atomic E-state index is 10.9. The standard InChI is InChI=1S/C13H19N3O3/c1-8(2)16-4-5-19-11(7-16)12-14-6-10(13(17)18)9(3)15-12/h6,8,11H,4-5,7H2,1-3H3,(H,17,18). The lowest BCUT2D eigenvalue weighted by Crippen LogP contribution is -2.42. The summed E-state index contributed by atoms with van der Waals surface area (Å²) in [6.45, 7) is 8.25. The highest BCUT2D eigenvalue weighted by atomic mass is 16.5. The molecule has 1 unspecified atom stereocenters. The van der Waals surface area contributed by atoms with Crippen molar-refractivity contribution >= 4 is 5.97 Å². The number of ether oxygens (including phenoxy) is 1. The van der Waals surface area contributed by atoms with Gasteiger partial charge in [-0.05, 0) is 20.8 Å². The molecule has 1 fully saturated rings. The number of aryl methyl sites for hydroxylation is 1. The molecule has 1 aromatic heterocycles. The van der Waals surface area contributed by atoms with E-state index in [0.717, 1.165) is 13.1 Å². The largest absolute Gasteiger partial charge is 0.478 e. The highest BCUT2D eigenvalue weighted by molar-refractivity contribution is 5.88. The van der Waals surface area contributed by atoms with E-state index in [0.29, 0.717) is 24.2 Å². The summed E-state index contributed by atoms with van der Waals surface area (Å²) in [4.78, 5) is 21.6. The van der Waals surface area contributed by atoms with E-state index in [-0.39, 0.29) is 11.7 Å². The summed E-state index contributed by atoms with van der Waals surface area (Å²) in [5, 5.41) is 8.96. The van der Waals surface area contributed by atoms with Gasteiger partial charge >= 0.3 is 5.97 Å². The molecule has 2 heterocycles. The van der Waals surface area contributed by atoms with Crippen molar-refractivity contribution in [2.24, 2.45) is 0 Å². The average Bonchev–Trinajstić information content (AvgIpc) is 2.38. The zero-order chi connectivity index (χ0) is 14.0. The van der Waals surface area contributed by atoms with Crippen LogP contribution in [0.4, 0.5) is 0 Å². The molecule has 0 saturated carbocycles. The maximum Gasteiger partial charge on any atom is 0.339 e. The minimum atomic E-state index is -1.00. The minimum absolute atomic E-state index is 0.139. The molecule has 0 aliphatic carbocycles. The van der Waals surface area contributed by atoms with Gasteiger partial charge in [0.25, 0.3) is 0 Å². The smallest absolute Gasteiger partial charge is 0.339 e. The average molecular weight is 265 g/mol. The molecule has 1 aliphatic heterocycles. The summed E-state index contributed by atoms with van der Waals surface area (Å²) in [7, 11) is 0.